The summed E-state index contributed by atoms with van der Waals surface area (Å²) in [6, 6.07) is 0.671. The van der Waals surface area contributed by atoms with Crippen LogP contribution in [0.5, 0.6) is 5.75 Å². The number of alkyl halides is 4. The fourth-order valence-corrected chi connectivity index (χ4v) is 1.77. The van der Waals surface area contributed by atoms with Crippen LogP contribution in [-0.4, -0.2) is 26.9 Å². The van der Waals surface area contributed by atoms with Crippen molar-refractivity contribution in [1.29, 1.82) is 0 Å². The summed E-state index contributed by atoms with van der Waals surface area (Å²) in [5.41, 5.74) is -1.63. The van der Waals surface area contributed by atoms with Crippen LogP contribution in [0.1, 0.15) is 21.7 Å². The van der Waals surface area contributed by atoms with Crippen LogP contribution in [0.3, 0.4) is 0 Å². The Morgan fingerprint density at radius 2 is 1.96 bits per heavy atom. The number of halogens is 4. The first-order valence-corrected chi connectivity index (χ1v) is 6.74. The third-order valence-corrected chi connectivity index (χ3v) is 2.79. The van der Waals surface area contributed by atoms with Crippen LogP contribution >= 0.6 is 11.6 Å². The summed E-state index contributed by atoms with van der Waals surface area (Å²) in [6.45, 7) is -0.147. The largest absolute Gasteiger partial charge is 0.475 e. The maximum atomic E-state index is 12.8. The Morgan fingerprint density at radius 1 is 1.26 bits per heavy atom. The molecule has 1 amide bonds. The maximum absolute atomic E-state index is 12.8. The highest BCUT2D eigenvalue weighted by Gasteiger charge is 2.35. The molecule has 0 atom stereocenters. The molecule has 0 unspecified atom stereocenters. The Morgan fingerprint density at radius 3 is 2.57 bits per heavy atom. The van der Waals surface area contributed by atoms with E-state index in [9.17, 15) is 18.0 Å². The molecule has 0 aliphatic carbocycles. The molecule has 10 heteroatoms. The molecular weight excluding hydrogens is 337 g/mol. The fraction of sp³-hybridized carbons (Fsp3) is 0.231. The zero-order valence-corrected chi connectivity index (χ0v) is 12.2. The number of aromatic nitrogens is 3. The van der Waals surface area contributed by atoms with E-state index >= 15 is 0 Å². The summed E-state index contributed by atoms with van der Waals surface area (Å²) < 4.78 is 43.4. The fourth-order valence-electron chi connectivity index (χ4n) is 1.65. The maximum Gasteiger partial charge on any atom is 0.417 e. The lowest BCUT2D eigenvalue weighted by Crippen LogP contribution is -2.26. The number of nitrogens with one attached hydrogen (secondary N) is 1. The average molecular weight is 347 g/mol. The van der Waals surface area contributed by atoms with Crippen molar-refractivity contribution in [1.82, 2.24) is 20.3 Å². The van der Waals surface area contributed by atoms with Crippen LogP contribution in [0.15, 0.2) is 30.9 Å². The van der Waals surface area contributed by atoms with E-state index in [0.29, 0.717) is 5.75 Å². The Hall–Kier alpha value is -2.42. The lowest BCUT2D eigenvalue weighted by atomic mass is 10.1. The van der Waals surface area contributed by atoms with Crippen LogP contribution in [0.2, 0.25) is 0 Å². The van der Waals surface area contributed by atoms with Gasteiger partial charge in [-0.25, -0.2) is 9.97 Å². The van der Waals surface area contributed by atoms with Crippen molar-refractivity contribution in [2.45, 2.75) is 12.7 Å². The summed E-state index contributed by atoms with van der Waals surface area (Å²) >= 11 is 5.37. The van der Waals surface area contributed by atoms with E-state index in [1.165, 1.54) is 12.4 Å². The molecule has 122 valence electrons. The van der Waals surface area contributed by atoms with Gasteiger partial charge in [-0.05, 0) is 6.07 Å². The Labute approximate surface area is 133 Å². The minimum Gasteiger partial charge on any atom is -0.475 e. The van der Waals surface area contributed by atoms with Crippen molar-refractivity contribution in [2.75, 3.05) is 6.07 Å². The van der Waals surface area contributed by atoms with Crippen LogP contribution in [0, 0.1) is 0 Å². The van der Waals surface area contributed by atoms with E-state index in [0.717, 1.165) is 18.5 Å². The molecule has 2 heterocycles. The molecule has 0 fully saturated rings. The molecular formula is C13H10ClF3N4O2. The quantitative estimate of drug-likeness (QED) is 0.841. The van der Waals surface area contributed by atoms with Gasteiger partial charge in [0.1, 0.15) is 5.82 Å². The molecule has 0 bridgehead atoms. The number of carbonyl (C=O) groups is 1. The van der Waals surface area contributed by atoms with Crippen LogP contribution in [0.25, 0.3) is 0 Å². The zero-order chi connectivity index (χ0) is 16.9. The normalized spacial score (nSPS) is 11.1. The lowest BCUT2D eigenvalue weighted by Gasteiger charge is -2.11. The molecule has 0 aliphatic heterocycles. The number of nitrogens with zero attached hydrogens (tertiary/aromatic N) is 3. The first kappa shape index (κ1) is 16.9. The Kier molecular flexibility index (Phi) is 5.32. The Balaban J connectivity index is 2.05. The van der Waals surface area contributed by atoms with Gasteiger partial charge < -0.3 is 10.1 Å². The highest BCUT2D eigenvalue weighted by atomic mass is 35.5. The molecule has 0 saturated carbocycles. The Bertz CT molecular complexity index is 680. The van der Waals surface area contributed by atoms with Crippen molar-refractivity contribution >= 4 is 17.5 Å². The molecule has 0 spiro atoms. The summed E-state index contributed by atoms with van der Waals surface area (Å²) in [5, 5.41) is 2.31. The molecule has 0 radical (unpaired) electrons. The van der Waals surface area contributed by atoms with Gasteiger partial charge in [-0.15, -0.1) is 0 Å². The number of ether oxygens (including phenoxy) is 1. The molecule has 23 heavy (non-hydrogen) atoms. The van der Waals surface area contributed by atoms with Crippen molar-refractivity contribution in [3.05, 3.63) is 47.8 Å². The lowest BCUT2D eigenvalue weighted by molar-refractivity contribution is -0.138. The zero-order valence-electron chi connectivity index (χ0n) is 11.5. The molecule has 0 saturated heterocycles. The second-order valence-electron chi connectivity index (χ2n) is 4.19. The van der Waals surface area contributed by atoms with Crippen molar-refractivity contribution < 1.29 is 22.7 Å². The summed E-state index contributed by atoms with van der Waals surface area (Å²) in [6.07, 6.45) is -0.147. The van der Waals surface area contributed by atoms with Gasteiger partial charge in [0.2, 0.25) is 0 Å². The number of pyridine rings is 1. The third-order valence-electron chi connectivity index (χ3n) is 2.68. The van der Waals surface area contributed by atoms with Gasteiger partial charge in [0, 0.05) is 12.4 Å². The number of carbonyl (C=O) groups excluding carboxylic acids is 1. The van der Waals surface area contributed by atoms with E-state index in [2.05, 4.69) is 20.3 Å². The van der Waals surface area contributed by atoms with E-state index in [1.54, 1.807) is 0 Å². The first-order valence-electron chi connectivity index (χ1n) is 6.21. The summed E-state index contributed by atoms with van der Waals surface area (Å²) in [7, 11) is 0. The minimum atomic E-state index is -4.65. The van der Waals surface area contributed by atoms with Gasteiger partial charge in [-0.2, -0.15) is 13.2 Å². The van der Waals surface area contributed by atoms with E-state index in [1.807, 2.05) is 0 Å². The molecule has 6 nitrogen and oxygen atoms in total. The second-order valence-corrected chi connectivity index (χ2v) is 4.41. The molecule has 0 aliphatic rings. The highest BCUT2D eigenvalue weighted by Crippen LogP contribution is 2.31. The van der Waals surface area contributed by atoms with E-state index in [-0.39, 0.29) is 18.4 Å². The van der Waals surface area contributed by atoms with Crippen molar-refractivity contribution in [3.63, 3.8) is 0 Å². The molecule has 2 rings (SSSR count). The predicted octanol–water partition coefficient (Wildman–Crippen LogP) is 2.40. The number of hydrogen-bond acceptors (Lipinski definition) is 5. The second kappa shape index (κ2) is 7.23. The predicted molar refractivity (Wildman–Crippen MR) is 73.8 cm³/mol. The minimum absolute atomic E-state index is 0.0688. The number of hydrogen-bond donors (Lipinski definition) is 1. The SMILES string of the molecule is O=C(NCc1ncc(OCCl)cn1)c1cnccc1C(F)(F)F. The van der Waals surface area contributed by atoms with Crippen LogP contribution < -0.4 is 10.1 Å². The van der Waals surface area contributed by atoms with Gasteiger partial charge in [0.05, 0.1) is 30.1 Å². The molecule has 2 aromatic rings. The topological polar surface area (TPSA) is 77.0 Å². The van der Waals surface area contributed by atoms with Gasteiger partial charge in [-0.1, -0.05) is 11.6 Å². The van der Waals surface area contributed by atoms with Crippen LogP contribution in [-0.2, 0) is 12.7 Å². The van der Waals surface area contributed by atoms with Crippen LogP contribution in [0.4, 0.5) is 13.2 Å². The van der Waals surface area contributed by atoms with Gasteiger partial charge >= 0.3 is 6.18 Å². The van der Waals surface area contributed by atoms with E-state index in [4.69, 9.17) is 16.3 Å². The van der Waals surface area contributed by atoms with E-state index < -0.39 is 23.2 Å². The average Bonchev–Trinajstić information content (AvgIpc) is 2.53. The first-order chi connectivity index (χ1) is 10.9. The van der Waals surface area contributed by atoms with Crippen molar-refractivity contribution in [3.8, 4) is 5.75 Å². The highest BCUT2D eigenvalue weighted by molar-refractivity contribution is 6.17. The molecule has 0 aromatic carbocycles. The van der Waals surface area contributed by atoms with Gasteiger partial charge in [0.25, 0.3) is 5.91 Å². The number of rotatable bonds is 5. The van der Waals surface area contributed by atoms with Gasteiger partial charge in [-0.3, -0.25) is 9.78 Å². The summed E-state index contributed by atoms with van der Waals surface area (Å²) in [5.74, 6) is -0.380. The van der Waals surface area contributed by atoms with Gasteiger partial charge in [0.15, 0.2) is 11.8 Å². The standard InChI is InChI=1S/C13H10ClF3N4O2/c14-7-23-8-3-19-11(20-4-8)6-21-12(22)9-5-18-2-1-10(9)13(15,16)17/h1-5H,6-7H2,(H,21,22). The third kappa shape index (κ3) is 4.52. The monoisotopic (exact) mass is 346 g/mol. The number of amides is 1. The van der Waals surface area contributed by atoms with Crippen molar-refractivity contribution in [2.24, 2.45) is 0 Å². The summed E-state index contributed by atoms with van der Waals surface area (Å²) in [4.78, 5) is 23.2. The smallest absolute Gasteiger partial charge is 0.417 e. The molecule has 2 aromatic heterocycles. The molecule has 1 N–H and O–H groups in total.